The van der Waals surface area contributed by atoms with Gasteiger partial charge in [-0.3, -0.25) is 4.57 Å². The van der Waals surface area contributed by atoms with E-state index >= 15 is 0 Å². The fourth-order valence-electron chi connectivity index (χ4n) is 6.33. The Bertz CT molecular complexity index is 2310. The van der Waals surface area contributed by atoms with E-state index in [4.69, 9.17) is 9.40 Å². The van der Waals surface area contributed by atoms with Crippen LogP contribution >= 0.6 is 0 Å². The van der Waals surface area contributed by atoms with Crippen LogP contribution in [0.2, 0.25) is 0 Å². The van der Waals surface area contributed by atoms with E-state index in [0.717, 1.165) is 56.0 Å². The van der Waals surface area contributed by atoms with Crippen LogP contribution in [-0.4, -0.2) is 9.55 Å². The number of hydrogen-bond donors (Lipinski definition) is 0. The predicted molar refractivity (Wildman–Crippen MR) is 169 cm³/mol. The molecule has 4 nitrogen and oxygen atoms in total. The summed E-state index contributed by atoms with van der Waals surface area (Å²) < 4.78 is 8.49. The third-order valence-corrected chi connectivity index (χ3v) is 8.15. The normalized spacial score (nSPS) is 12.7. The Morgan fingerprint density at radius 1 is 0.610 bits per heavy atom. The molecule has 0 amide bonds. The van der Waals surface area contributed by atoms with E-state index in [1.165, 1.54) is 21.7 Å². The van der Waals surface area contributed by atoms with Crippen molar-refractivity contribution < 1.29 is 4.42 Å². The summed E-state index contributed by atoms with van der Waals surface area (Å²) in [5.74, 6) is 0.937. The fourth-order valence-corrected chi connectivity index (χ4v) is 6.33. The quantitative estimate of drug-likeness (QED) is 0.230. The highest BCUT2D eigenvalue weighted by atomic mass is 16.3. The van der Waals surface area contributed by atoms with E-state index < -0.39 is 0 Å². The molecule has 8 aromatic rings. The van der Waals surface area contributed by atoms with Crippen molar-refractivity contribution in [3.05, 3.63) is 139 Å². The first kappa shape index (κ1) is 22.2. The van der Waals surface area contributed by atoms with Gasteiger partial charge in [0.05, 0.1) is 16.7 Å². The summed E-state index contributed by atoms with van der Waals surface area (Å²) in [6, 6.07) is 44.4. The van der Waals surface area contributed by atoms with Crippen molar-refractivity contribution in [2.45, 2.75) is 0 Å². The summed E-state index contributed by atoms with van der Waals surface area (Å²) in [6.45, 7) is 0. The maximum absolute atomic E-state index is 6.24. The van der Waals surface area contributed by atoms with E-state index in [1.54, 1.807) is 0 Å². The molecule has 0 atom stereocenters. The summed E-state index contributed by atoms with van der Waals surface area (Å²) in [6.07, 6.45) is 4.40. The van der Waals surface area contributed by atoms with Gasteiger partial charge in [-0.05, 0) is 71.6 Å². The second-order valence-corrected chi connectivity index (χ2v) is 10.5. The van der Waals surface area contributed by atoms with Crippen molar-refractivity contribution in [1.82, 2.24) is 9.55 Å². The van der Waals surface area contributed by atoms with E-state index in [1.807, 2.05) is 24.3 Å². The predicted octanol–water partition coefficient (Wildman–Crippen LogP) is 9.87. The standard InChI is InChI=1S/C37H23N3O/c1-2-9-24(10-3-1)37-38-30-13-5-6-14-31(30)40(37)27-19-17-26(18-20-27)39-22-21-29-35-25(11-8-15-32(35)39)23-34-36(29)28-12-4-7-16-33(28)41-34/h1-23H. The second-order valence-electron chi connectivity index (χ2n) is 10.5. The van der Waals surface area contributed by atoms with Gasteiger partial charge in [-0.2, -0.15) is 0 Å². The molecule has 0 fully saturated rings. The number of rotatable bonds is 3. The van der Waals surface area contributed by atoms with Crippen LogP contribution in [0.25, 0.3) is 66.9 Å². The lowest BCUT2D eigenvalue weighted by atomic mass is 9.94. The van der Waals surface area contributed by atoms with Crippen molar-refractivity contribution in [2.75, 3.05) is 4.90 Å². The van der Waals surface area contributed by atoms with Crippen molar-refractivity contribution >= 4 is 61.2 Å². The summed E-state index contributed by atoms with van der Waals surface area (Å²) in [7, 11) is 0. The Kier molecular flexibility index (Phi) is 4.58. The van der Waals surface area contributed by atoms with Crippen molar-refractivity contribution in [3.8, 4) is 17.1 Å². The summed E-state index contributed by atoms with van der Waals surface area (Å²) >= 11 is 0. The van der Waals surface area contributed by atoms with Gasteiger partial charge in [0.2, 0.25) is 0 Å². The maximum Gasteiger partial charge on any atom is 0.145 e. The summed E-state index contributed by atoms with van der Waals surface area (Å²) in [5, 5.41) is 4.74. The molecule has 0 N–H and O–H groups in total. The molecule has 0 aliphatic carbocycles. The van der Waals surface area contributed by atoms with Gasteiger partial charge in [0, 0.05) is 39.3 Å². The van der Waals surface area contributed by atoms with Crippen LogP contribution in [0.1, 0.15) is 5.56 Å². The smallest absolute Gasteiger partial charge is 0.145 e. The molecule has 2 aromatic heterocycles. The lowest BCUT2D eigenvalue weighted by Gasteiger charge is -2.27. The Balaban J connectivity index is 1.19. The van der Waals surface area contributed by atoms with Gasteiger partial charge in [0.1, 0.15) is 17.0 Å². The minimum Gasteiger partial charge on any atom is -0.456 e. The largest absolute Gasteiger partial charge is 0.456 e. The minimum absolute atomic E-state index is 0.920. The van der Waals surface area contributed by atoms with E-state index in [2.05, 4.69) is 125 Å². The molecule has 41 heavy (non-hydrogen) atoms. The maximum atomic E-state index is 6.24. The number of furan rings is 1. The number of nitrogens with zero attached hydrogens (tertiary/aromatic N) is 3. The van der Waals surface area contributed by atoms with Crippen molar-refractivity contribution in [1.29, 1.82) is 0 Å². The lowest BCUT2D eigenvalue weighted by Crippen LogP contribution is -2.12. The third-order valence-electron chi connectivity index (χ3n) is 8.15. The molecule has 0 bridgehead atoms. The molecule has 6 aromatic carbocycles. The first-order valence-corrected chi connectivity index (χ1v) is 13.8. The fraction of sp³-hybridized carbons (Fsp3) is 0. The van der Waals surface area contributed by atoms with Crippen LogP contribution in [0, 0.1) is 0 Å². The van der Waals surface area contributed by atoms with Crippen LogP contribution in [-0.2, 0) is 0 Å². The van der Waals surface area contributed by atoms with E-state index in [9.17, 15) is 0 Å². The van der Waals surface area contributed by atoms with Crippen molar-refractivity contribution in [2.24, 2.45) is 0 Å². The number of anilines is 2. The molecule has 3 heterocycles. The van der Waals surface area contributed by atoms with Gasteiger partial charge in [-0.1, -0.05) is 72.8 Å². The monoisotopic (exact) mass is 525 g/mol. The van der Waals surface area contributed by atoms with Gasteiger partial charge in [-0.15, -0.1) is 0 Å². The zero-order valence-electron chi connectivity index (χ0n) is 22.0. The summed E-state index contributed by atoms with van der Waals surface area (Å²) in [5.41, 5.74) is 9.56. The molecule has 0 unspecified atom stereocenters. The topological polar surface area (TPSA) is 34.2 Å². The van der Waals surface area contributed by atoms with Gasteiger partial charge in [0.15, 0.2) is 0 Å². The number of para-hydroxylation sites is 3. The highest BCUT2D eigenvalue weighted by Crippen LogP contribution is 2.44. The molecule has 4 heteroatoms. The third kappa shape index (κ3) is 3.25. The summed E-state index contributed by atoms with van der Waals surface area (Å²) in [4.78, 5) is 7.27. The van der Waals surface area contributed by atoms with Crippen LogP contribution < -0.4 is 4.90 Å². The molecule has 0 saturated heterocycles. The van der Waals surface area contributed by atoms with E-state index in [0.29, 0.717) is 0 Å². The molecule has 0 radical (unpaired) electrons. The molecule has 1 aliphatic heterocycles. The lowest BCUT2D eigenvalue weighted by molar-refractivity contribution is 0.669. The van der Waals surface area contributed by atoms with Gasteiger partial charge < -0.3 is 9.32 Å². The zero-order chi connectivity index (χ0) is 26.9. The average molecular weight is 526 g/mol. The van der Waals surface area contributed by atoms with Crippen molar-refractivity contribution in [3.63, 3.8) is 0 Å². The Morgan fingerprint density at radius 3 is 2.29 bits per heavy atom. The van der Waals surface area contributed by atoms with E-state index in [-0.39, 0.29) is 0 Å². The van der Waals surface area contributed by atoms with Crippen LogP contribution in [0.4, 0.5) is 11.4 Å². The molecular formula is C37H23N3O. The Hall–Kier alpha value is -5.61. The number of aromatic nitrogens is 2. The molecule has 0 saturated carbocycles. The zero-order valence-corrected chi connectivity index (χ0v) is 22.0. The number of fused-ring (bicyclic) bond motifs is 5. The van der Waals surface area contributed by atoms with Crippen LogP contribution in [0.15, 0.2) is 138 Å². The van der Waals surface area contributed by atoms with Crippen LogP contribution in [0.5, 0.6) is 0 Å². The molecule has 192 valence electrons. The van der Waals surface area contributed by atoms with Gasteiger partial charge >= 0.3 is 0 Å². The average Bonchev–Trinajstić information content (AvgIpc) is 3.61. The second kappa shape index (κ2) is 8.44. The molecular weight excluding hydrogens is 502 g/mol. The first-order chi connectivity index (χ1) is 20.3. The number of hydrogen-bond acceptors (Lipinski definition) is 3. The molecule has 0 spiro atoms. The highest BCUT2D eigenvalue weighted by Gasteiger charge is 2.22. The van der Waals surface area contributed by atoms with Crippen LogP contribution in [0.3, 0.4) is 0 Å². The first-order valence-electron chi connectivity index (χ1n) is 13.8. The minimum atomic E-state index is 0.920. The highest BCUT2D eigenvalue weighted by molar-refractivity contribution is 6.20. The number of imidazole rings is 1. The Morgan fingerprint density at radius 2 is 1.39 bits per heavy atom. The SMILES string of the molecule is C1=CN(c2ccc(-n3c(-c4ccccc4)nc4ccccc43)cc2)c2cccc3cc4oc5ccccc5c4c1c23. The van der Waals surface area contributed by atoms with Gasteiger partial charge in [-0.25, -0.2) is 4.98 Å². The molecule has 9 rings (SSSR count). The van der Waals surface area contributed by atoms with Gasteiger partial charge in [0.25, 0.3) is 0 Å². The number of benzene rings is 6. The Labute approximate surface area is 236 Å². The molecule has 1 aliphatic rings.